The summed E-state index contributed by atoms with van der Waals surface area (Å²) >= 11 is 0. The summed E-state index contributed by atoms with van der Waals surface area (Å²) in [5, 5.41) is 13.0. The number of carbonyl (C=O) groups excluding carboxylic acids is 2. The lowest BCUT2D eigenvalue weighted by Gasteiger charge is -2.13. The molecule has 7 nitrogen and oxygen atoms in total. The van der Waals surface area contributed by atoms with Crippen molar-refractivity contribution in [1.82, 2.24) is 15.5 Å². The van der Waals surface area contributed by atoms with Gasteiger partial charge in [0.15, 0.2) is 0 Å². The molecule has 0 aliphatic rings. The Morgan fingerprint density at radius 3 is 2.59 bits per heavy atom. The van der Waals surface area contributed by atoms with Crippen molar-refractivity contribution in [2.75, 3.05) is 7.11 Å². The monoisotopic (exact) mass is 388 g/mol. The molecule has 0 aliphatic carbocycles. The van der Waals surface area contributed by atoms with Crippen LogP contribution in [0.25, 0.3) is 32.9 Å². The molecule has 4 N–H and O–H groups in total. The van der Waals surface area contributed by atoms with Gasteiger partial charge in [-0.15, -0.1) is 0 Å². The third-order valence-electron chi connectivity index (χ3n) is 4.92. The Kier molecular flexibility index (Phi) is 4.64. The van der Waals surface area contributed by atoms with Gasteiger partial charge in [0.2, 0.25) is 5.91 Å². The average molecular weight is 388 g/mol. The van der Waals surface area contributed by atoms with Crippen LogP contribution in [0.4, 0.5) is 0 Å². The normalized spacial score (nSPS) is 12.1. The van der Waals surface area contributed by atoms with E-state index < -0.39 is 17.9 Å². The Morgan fingerprint density at radius 2 is 1.86 bits per heavy atom. The van der Waals surface area contributed by atoms with Crippen LogP contribution in [0.2, 0.25) is 0 Å². The highest BCUT2D eigenvalue weighted by Crippen LogP contribution is 2.33. The smallest absolute Gasteiger partial charge is 0.255 e. The predicted octanol–water partition coefficient (Wildman–Crippen LogP) is 3.00. The van der Waals surface area contributed by atoms with Crippen LogP contribution in [0.1, 0.15) is 17.3 Å². The number of H-pyrrole nitrogens is 1. The second-order valence-electron chi connectivity index (χ2n) is 6.83. The fourth-order valence-corrected chi connectivity index (χ4v) is 3.29. The van der Waals surface area contributed by atoms with Crippen molar-refractivity contribution in [1.29, 1.82) is 0 Å². The molecule has 1 unspecified atom stereocenters. The molecule has 4 rings (SSSR count). The molecule has 146 valence electrons. The van der Waals surface area contributed by atoms with Crippen LogP contribution in [-0.4, -0.2) is 35.2 Å². The molecule has 4 aromatic rings. The summed E-state index contributed by atoms with van der Waals surface area (Å²) < 4.78 is 5.36. The van der Waals surface area contributed by atoms with E-state index in [4.69, 9.17) is 10.5 Å². The zero-order valence-corrected chi connectivity index (χ0v) is 16.0. The molecule has 0 fully saturated rings. The van der Waals surface area contributed by atoms with E-state index in [0.717, 1.165) is 32.9 Å². The van der Waals surface area contributed by atoms with Crippen LogP contribution in [0.3, 0.4) is 0 Å². The number of nitrogens with one attached hydrogen (secondary N) is 2. The van der Waals surface area contributed by atoms with Gasteiger partial charge >= 0.3 is 0 Å². The highest BCUT2D eigenvalue weighted by Gasteiger charge is 2.20. The van der Waals surface area contributed by atoms with Crippen molar-refractivity contribution in [2.45, 2.75) is 13.0 Å². The summed E-state index contributed by atoms with van der Waals surface area (Å²) in [7, 11) is 1.48. The minimum atomic E-state index is -0.799. The Bertz CT molecular complexity index is 1250. The molecule has 0 aliphatic heterocycles. The van der Waals surface area contributed by atoms with Crippen molar-refractivity contribution < 1.29 is 14.3 Å². The lowest BCUT2D eigenvalue weighted by Crippen LogP contribution is -2.42. The lowest BCUT2D eigenvalue weighted by atomic mass is 10.0. The highest BCUT2D eigenvalue weighted by atomic mass is 16.5. The second-order valence-corrected chi connectivity index (χ2v) is 6.83. The molecular formula is C22H20N4O3. The van der Waals surface area contributed by atoms with Gasteiger partial charge < -0.3 is 15.8 Å². The number of nitrogens with two attached hydrogens (primary N) is 1. The third-order valence-corrected chi connectivity index (χ3v) is 4.92. The van der Waals surface area contributed by atoms with E-state index >= 15 is 0 Å². The standard InChI is InChI=1S/C22H20N4O3/c1-12(21(23)27)24-22(28)17-10-16-18(11-19(17)29-2)25-26-20(16)15-8-7-13-5-3-4-6-14(13)9-15/h3-12H,1-2H3,(H2,23,27)(H,24,28)(H,25,26). The molecule has 7 heteroatoms. The first-order chi connectivity index (χ1) is 14.0. The summed E-state index contributed by atoms with van der Waals surface area (Å²) in [6.07, 6.45) is 0. The molecule has 0 bridgehead atoms. The Hall–Kier alpha value is -3.87. The number of nitrogens with zero attached hydrogens (tertiary/aromatic N) is 1. The molecular weight excluding hydrogens is 368 g/mol. The van der Waals surface area contributed by atoms with E-state index in [-0.39, 0.29) is 0 Å². The van der Waals surface area contributed by atoms with E-state index in [2.05, 4.69) is 27.6 Å². The number of carbonyl (C=O) groups is 2. The number of aromatic amines is 1. The van der Waals surface area contributed by atoms with Crippen molar-refractivity contribution >= 4 is 33.5 Å². The molecule has 1 atom stereocenters. The quantitative estimate of drug-likeness (QED) is 0.488. The molecule has 2 amide bonds. The van der Waals surface area contributed by atoms with Gasteiger partial charge in [-0.25, -0.2) is 0 Å². The largest absolute Gasteiger partial charge is 0.496 e. The first-order valence-electron chi connectivity index (χ1n) is 9.13. The van der Waals surface area contributed by atoms with Gasteiger partial charge in [-0.1, -0.05) is 36.4 Å². The lowest BCUT2D eigenvalue weighted by molar-refractivity contribution is -0.119. The van der Waals surface area contributed by atoms with E-state index in [1.807, 2.05) is 30.3 Å². The maximum Gasteiger partial charge on any atom is 0.255 e. The summed E-state index contributed by atoms with van der Waals surface area (Å²) in [5.74, 6) is -0.681. The van der Waals surface area contributed by atoms with Crippen LogP contribution in [-0.2, 0) is 4.79 Å². The number of benzene rings is 3. The highest BCUT2D eigenvalue weighted by molar-refractivity contribution is 6.05. The molecule has 3 aromatic carbocycles. The molecule has 29 heavy (non-hydrogen) atoms. The first-order valence-corrected chi connectivity index (χ1v) is 9.13. The minimum Gasteiger partial charge on any atom is -0.496 e. The first kappa shape index (κ1) is 18.5. The van der Waals surface area contributed by atoms with Gasteiger partial charge in [-0.2, -0.15) is 5.10 Å². The number of ether oxygens (including phenoxy) is 1. The van der Waals surface area contributed by atoms with Crippen LogP contribution >= 0.6 is 0 Å². The third kappa shape index (κ3) is 3.38. The van der Waals surface area contributed by atoms with Gasteiger partial charge in [-0.05, 0) is 29.8 Å². The summed E-state index contributed by atoms with van der Waals surface area (Å²) in [4.78, 5) is 24.0. The molecule has 1 aromatic heterocycles. The predicted molar refractivity (Wildman–Crippen MR) is 112 cm³/mol. The number of hydrogen-bond donors (Lipinski definition) is 3. The fourth-order valence-electron chi connectivity index (χ4n) is 3.29. The van der Waals surface area contributed by atoms with Crippen LogP contribution in [0.15, 0.2) is 54.6 Å². The SMILES string of the molecule is COc1cc2[nH]nc(-c3ccc4ccccc4c3)c2cc1C(=O)NC(C)C(N)=O. The zero-order valence-electron chi connectivity index (χ0n) is 16.0. The average Bonchev–Trinajstić information content (AvgIpc) is 3.15. The summed E-state index contributed by atoms with van der Waals surface area (Å²) in [6.45, 7) is 1.53. The number of rotatable bonds is 5. The summed E-state index contributed by atoms with van der Waals surface area (Å²) in [5.41, 5.74) is 7.95. The minimum absolute atomic E-state index is 0.302. The van der Waals surface area contributed by atoms with E-state index in [1.165, 1.54) is 14.0 Å². The maximum absolute atomic E-state index is 12.7. The van der Waals surface area contributed by atoms with Crippen molar-refractivity contribution in [3.05, 3.63) is 60.2 Å². The number of methoxy groups -OCH3 is 1. The van der Waals surface area contributed by atoms with Gasteiger partial charge in [0.1, 0.15) is 11.8 Å². The Labute approximate surface area is 166 Å². The van der Waals surface area contributed by atoms with Gasteiger partial charge in [0.25, 0.3) is 5.91 Å². The van der Waals surface area contributed by atoms with Crippen LogP contribution in [0.5, 0.6) is 5.75 Å². The van der Waals surface area contributed by atoms with Crippen molar-refractivity contribution in [2.24, 2.45) is 5.73 Å². The summed E-state index contributed by atoms with van der Waals surface area (Å²) in [6, 6.07) is 16.8. The number of fused-ring (bicyclic) bond motifs is 2. The van der Waals surface area contributed by atoms with Crippen molar-refractivity contribution in [3.63, 3.8) is 0 Å². The fraction of sp³-hybridized carbons (Fsp3) is 0.136. The van der Waals surface area contributed by atoms with E-state index in [1.54, 1.807) is 12.1 Å². The van der Waals surface area contributed by atoms with Gasteiger partial charge in [-0.3, -0.25) is 14.7 Å². The Balaban J connectivity index is 1.82. The number of amides is 2. The zero-order chi connectivity index (χ0) is 20.5. The Morgan fingerprint density at radius 1 is 1.10 bits per heavy atom. The molecule has 1 heterocycles. The molecule has 0 radical (unpaired) electrons. The molecule has 0 saturated carbocycles. The van der Waals surface area contributed by atoms with E-state index in [9.17, 15) is 9.59 Å². The molecule has 0 saturated heterocycles. The topological polar surface area (TPSA) is 110 Å². The van der Waals surface area contributed by atoms with Crippen LogP contribution < -0.4 is 15.8 Å². The van der Waals surface area contributed by atoms with Crippen LogP contribution in [0, 0.1) is 0 Å². The van der Waals surface area contributed by atoms with Gasteiger partial charge in [0.05, 0.1) is 23.9 Å². The second kappa shape index (κ2) is 7.27. The van der Waals surface area contributed by atoms with Crippen molar-refractivity contribution in [3.8, 4) is 17.0 Å². The number of hydrogen-bond acceptors (Lipinski definition) is 4. The molecule has 0 spiro atoms. The number of aromatic nitrogens is 2. The van der Waals surface area contributed by atoms with E-state index in [0.29, 0.717) is 11.3 Å². The maximum atomic E-state index is 12.7. The number of primary amides is 1. The van der Waals surface area contributed by atoms with Gasteiger partial charge in [0, 0.05) is 17.0 Å².